The molecule has 6 heterocycles. The Morgan fingerprint density at radius 2 is 0.929 bits per heavy atom. The molecule has 0 bridgehead atoms. The van der Waals surface area contributed by atoms with E-state index in [1.165, 1.54) is 0 Å². The summed E-state index contributed by atoms with van der Waals surface area (Å²) in [6, 6.07) is 0. The Morgan fingerprint density at radius 3 is 1.41 bits per heavy atom. The third kappa shape index (κ3) is 12.2. The van der Waals surface area contributed by atoms with Gasteiger partial charge in [0.05, 0.1) is 58.8 Å². The summed E-state index contributed by atoms with van der Waals surface area (Å²) in [4.78, 5) is 40.5. The topological polar surface area (TPSA) is 480 Å². The van der Waals surface area contributed by atoms with Crippen LogP contribution in [0.3, 0.4) is 0 Å². The quantitative estimate of drug-likeness (QED) is 0.0398. The van der Waals surface area contributed by atoms with Crippen LogP contribution in [-0.4, -0.2) is 298 Å². The molecule has 0 aromatic carbocycles. The van der Waals surface area contributed by atoms with Gasteiger partial charge < -0.3 is 134 Å². The third-order valence-electron chi connectivity index (χ3n) is 12.7. The van der Waals surface area contributed by atoms with Gasteiger partial charge in [0.25, 0.3) is 11.8 Å². The first kappa shape index (κ1) is 56.9. The summed E-state index contributed by atoms with van der Waals surface area (Å²) in [6.07, 6.45) is -46.2. The molecule has 23 atom stereocenters. The van der Waals surface area contributed by atoms with Crippen LogP contribution in [0, 0.1) is 0 Å². The number of ether oxygens (including phenoxy) is 10. The van der Waals surface area contributed by atoms with Crippen molar-refractivity contribution in [3.63, 3.8) is 0 Å². The maximum Gasteiger partial charge on any atom is 0.333 e. The lowest BCUT2D eigenvalue weighted by Gasteiger charge is -2.50. The molecule has 0 saturated carbocycles. The van der Waals surface area contributed by atoms with Gasteiger partial charge in [-0.3, -0.25) is 9.59 Å². The zero-order valence-corrected chi connectivity index (χ0v) is 37.1. The molecule has 0 aromatic heterocycles. The summed E-state index contributed by atoms with van der Waals surface area (Å²) in [5.41, 5.74) is -1.90. The number of aliphatic hydroxyl groups is 16. The molecule has 16 N–H and O–H groups in total. The van der Waals surface area contributed by atoms with Gasteiger partial charge in [-0.2, -0.15) is 0 Å². The van der Waals surface area contributed by atoms with Crippen molar-refractivity contribution in [3.05, 3.63) is 0 Å². The Morgan fingerprint density at radius 1 is 0.514 bits per heavy atom. The van der Waals surface area contributed by atoms with Crippen molar-refractivity contribution in [1.82, 2.24) is 5.06 Å². The van der Waals surface area contributed by atoms with Crippen LogP contribution < -0.4 is 0 Å². The Bertz CT molecular complexity index is 1680. The summed E-state index contributed by atoms with van der Waals surface area (Å²) >= 11 is 0. The fourth-order valence-corrected chi connectivity index (χ4v) is 8.55. The van der Waals surface area contributed by atoms with E-state index >= 15 is 0 Å². The molecule has 6 rings (SSSR count). The maximum absolute atomic E-state index is 12.2. The van der Waals surface area contributed by atoms with Gasteiger partial charge in [-0.1, -0.05) is 0 Å². The number of aliphatic hydroxyl groups excluding tert-OH is 16. The fourth-order valence-electron chi connectivity index (χ4n) is 8.55. The lowest BCUT2D eigenvalue weighted by atomic mass is 9.91. The molecule has 6 saturated heterocycles. The van der Waals surface area contributed by atoms with Gasteiger partial charge in [-0.25, -0.2) is 4.79 Å². The highest BCUT2D eigenvalue weighted by Crippen LogP contribution is 2.37. The summed E-state index contributed by atoms with van der Waals surface area (Å²) in [5, 5.41) is 172. The summed E-state index contributed by atoms with van der Waals surface area (Å²) in [7, 11) is 0. The Hall–Kier alpha value is -2.43. The Kier molecular flexibility index (Phi) is 20.1. The monoisotopic (exact) mass is 1030 g/mol. The van der Waals surface area contributed by atoms with Crippen molar-refractivity contribution in [3.8, 4) is 0 Å². The number of hydrogen-bond acceptors (Lipinski definition) is 30. The molecule has 0 aromatic rings. The highest BCUT2D eigenvalue weighted by molar-refractivity contribution is 6.01. The van der Waals surface area contributed by atoms with Crippen molar-refractivity contribution >= 4 is 17.8 Å². The van der Waals surface area contributed by atoms with Crippen LogP contribution in [0.4, 0.5) is 0 Å². The molecule has 14 unspecified atom stereocenters. The smallest absolute Gasteiger partial charge is 0.333 e. The number of hydrogen-bond donors (Lipinski definition) is 16. The minimum Gasteiger partial charge on any atom is -0.394 e. The normalized spacial score (nSPS) is 44.7. The van der Waals surface area contributed by atoms with Crippen molar-refractivity contribution < 1.29 is 148 Å². The van der Waals surface area contributed by atoms with E-state index in [9.17, 15) is 96.1 Å². The van der Waals surface area contributed by atoms with E-state index in [1.807, 2.05) is 0 Å². The van der Waals surface area contributed by atoms with Crippen LogP contribution in [0.2, 0.25) is 0 Å². The van der Waals surface area contributed by atoms with Crippen LogP contribution in [0.1, 0.15) is 32.1 Å². The zero-order chi connectivity index (χ0) is 51.4. The number of rotatable bonds is 20. The molecule has 0 radical (unpaired) electrons. The second-order valence-electron chi connectivity index (χ2n) is 17.5. The van der Waals surface area contributed by atoms with Crippen LogP contribution in [-0.2, 0) is 66.6 Å². The summed E-state index contributed by atoms with van der Waals surface area (Å²) in [6.45, 7) is -6.08. The molecule has 0 spiro atoms. The number of imide groups is 1. The SMILES string of the molecule is O=C(CCCO[C@H]1OC(CO)[C@@H](O)C(O[C@H]2OC(CO)[C@@H](O)C(O[C@H]3OC(CO)[C@@H](O)C(O)C3O[C@H]3OC(CO)[C@@H](O)C(O)C3O[C@H]3OC(CO)(CO)CC(O)C3O)C2O)C1O)ON1C(=O)CCC1=O. The Labute approximate surface area is 396 Å². The molecule has 404 valence electrons. The van der Waals surface area contributed by atoms with E-state index in [1.54, 1.807) is 0 Å². The van der Waals surface area contributed by atoms with Gasteiger partial charge in [0.2, 0.25) is 0 Å². The van der Waals surface area contributed by atoms with Gasteiger partial charge in [0.1, 0.15) is 109 Å². The second-order valence-corrected chi connectivity index (χ2v) is 17.5. The average molecular weight is 1030 g/mol. The molecule has 31 nitrogen and oxygen atoms in total. The van der Waals surface area contributed by atoms with Crippen molar-refractivity contribution in [1.29, 1.82) is 0 Å². The van der Waals surface area contributed by atoms with E-state index in [2.05, 4.69) is 0 Å². The molecule has 6 aliphatic rings. The van der Waals surface area contributed by atoms with Crippen molar-refractivity contribution in [2.45, 2.75) is 179 Å². The predicted octanol–water partition coefficient (Wildman–Crippen LogP) is -11.1. The van der Waals surface area contributed by atoms with Gasteiger partial charge in [0.15, 0.2) is 31.5 Å². The van der Waals surface area contributed by atoms with E-state index in [4.69, 9.17) is 52.2 Å². The third-order valence-corrected chi connectivity index (χ3v) is 12.7. The zero-order valence-electron chi connectivity index (χ0n) is 37.1. The minimum absolute atomic E-state index is 0.126. The lowest BCUT2D eigenvalue weighted by Crippen LogP contribution is -2.68. The molecule has 31 heteroatoms. The number of carbonyl (C=O) groups excluding carboxylic acids is 3. The molecular formula is C39H63NO30. The van der Waals surface area contributed by atoms with Gasteiger partial charge in [-0.15, -0.1) is 5.06 Å². The van der Waals surface area contributed by atoms with Crippen LogP contribution in [0.5, 0.6) is 0 Å². The largest absolute Gasteiger partial charge is 0.394 e. The first-order valence-corrected chi connectivity index (χ1v) is 22.3. The van der Waals surface area contributed by atoms with Crippen molar-refractivity contribution in [2.75, 3.05) is 46.2 Å². The molecule has 0 aliphatic carbocycles. The summed E-state index contributed by atoms with van der Waals surface area (Å²) in [5.74, 6) is -2.37. The van der Waals surface area contributed by atoms with Gasteiger partial charge in [-0.05, 0) is 6.42 Å². The number of carbonyl (C=O) groups is 3. The average Bonchev–Trinajstić information content (AvgIpc) is 3.66. The van der Waals surface area contributed by atoms with Gasteiger partial charge >= 0.3 is 5.97 Å². The molecule has 6 fully saturated rings. The maximum atomic E-state index is 12.2. The second kappa shape index (κ2) is 24.7. The van der Waals surface area contributed by atoms with Crippen molar-refractivity contribution in [2.24, 2.45) is 0 Å². The lowest BCUT2D eigenvalue weighted by molar-refractivity contribution is -0.408. The van der Waals surface area contributed by atoms with E-state index in [0.29, 0.717) is 5.06 Å². The van der Waals surface area contributed by atoms with Crippen LogP contribution >= 0.6 is 0 Å². The van der Waals surface area contributed by atoms with Crippen LogP contribution in [0.15, 0.2) is 0 Å². The number of hydroxylamine groups is 2. The van der Waals surface area contributed by atoms with Crippen LogP contribution in [0.25, 0.3) is 0 Å². The summed E-state index contributed by atoms with van der Waals surface area (Å²) < 4.78 is 56.9. The molecule has 6 aliphatic heterocycles. The number of nitrogens with zero attached hydrogens (tertiary/aromatic N) is 1. The molecule has 70 heavy (non-hydrogen) atoms. The predicted molar refractivity (Wildman–Crippen MR) is 211 cm³/mol. The number of amides is 2. The van der Waals surface area contributed by atoms with E-state index < -0.39 is 211 Å². The first-order chi connectivity index (χ1) is 33.3. The van der Waals surface area contributed by atoms with E-state index in [-0.39, 0.29) is 32.3 Å². The highest BCUT2D eigenvalue weighted by atomic mass is 16.8. The Balaban J connectivity index is 1.19. The first-order valence-electron chi connectivity index (χ1n) is 22.3. The molecular weight excluding hydrogens is 962 g/mol. The fraction of sp³-hybridized carbons (Fsp3) is 0.923. The standard InChI is InChI=1S/C39H63NO30/c41-7-14-23(53)27(57)33(68-38-32(26(56)22(52)15(8-42)64-38)67-36-21(51)13(47)6-39(11-45,12-46)69-36)37(63-14)66-31-25(55)17(10-44)62-35(29(31)59)65-30-24(54)16(9-43)61-34(28(30)58)60-5-1-2-20(50)70-40-18(48)3-4-19(40)49/h13-17,21-38,41-47,51-59H,1-12H2/t13?,14?,15?,16?,17?,21?,22-,23-,24-,25-,26?,27?,28?,29?,30?,31?,32?,33?,34+,35-,36+,37-,38-/m1/s1. The minimum atomic E-state index is -2.24. The molecule has 2 amide bonds. The van der Waals surface area contributed by atoms with Gasteiger partial charge in [0, 0.05) is 19.3 Å². The van der Waals surface area contributed by atoms with E-state index in [0.717, 1.165) is 0 Å². The highest BCUT2D eigenvalue weighted by Gasteiger charge is 2.57.